The van der Waals surface area contributed by atoms with Crippen molar-refractivity contribution in [3.05, 3.63) is 35.9 Å². The highest BCUT2D eigenvalue weighted by molar-refractivity contribution is 5.79. The molecule has 1 aromatic carbocycles. The molecule has 1 aromatic rings. The number of rotatable bonds is 7. The highest BCUT2D eigenvalue weighted by Crippen LogP contribution is 2.07. The van der Waals surface area contributed by atoms with Crippen molar-refractivity contribution in [2.45, 2.75) is 46.3 Å². The van der Waals surface area contributed by atoms with Crippen LogP contribution in [0.4, 0.5) is 0 Å². The maximum atomic E-state index is 11.7. The van der Waals surface area contributed by atoms with E-state index in [9.17, 15) is 9.59 Å². The van der Waals surface area contributed by atoms with Gasteiger partial charge in [-0.1, -0.05) is 44.2 Å². The Morgan fingerprint density at radius 3 is 2.35 bits per heavy atom. The van der Waals surface area contributed by atoms with Gasteiger partial charge in [-0.2, -0.15) is 0 Å². The fourth-order valence-electron chi connectivity index (χ4n) is 1.56. The number of ether oxygens (including phenoxy) is 2. The molecule has 0 aliphatic heterocycles. The van der Waals surface area contributed by atoms with Gasteiger partial charge in [-0.15, -0.1) is 0 Å². The number of carbonyl (C=O) groups is 2. The van der Waals surface area contributed by atoms with Gasteiger partial charge in [0.25, 0.3) is 0 Å². The maximum absolute atomic E-state index is 11.7. The molecule has 0 N–H and O–H groups in total. The van der Waals surface area contributed by atoms with Crippen LogP contribution in [0.25, 0.3) is 0 Å². The van der Waals surface area contributed by atoms with Crippen molar-refractivity contribution in [2.75, 3.05) is 0 Å². The molecule has 0 aliphatic carbocycles. The third kappa shape index (κ3) is 6.36. The van der Waals surface area contributed by atoms with E-state index in [0.29, 0.717) is 12.3 Å². The van der Waals surface area contributed by atoms with Crippen LogP contribution in [0.5, 0.6) is 0 Å². The third-order valence-corrected chi connectivity index (χ3v) is 2.79. The topological polar surface area (TPSA) is 52.6 Å². The summed E-state index contributed by atoms with van der Waals surface area (Å²) in [5, 5.41) is 0. The molecular weight excluding hydrogens is 256 g/mol. The Morgan fingerprint density at radius 1 is 1.10 bits per heavy atom. The highest BCUT2D eigenvalue weighted by Gasteiger charge is 2.19. The summed E-state index contributed by atoms with van der Waals surface area (Å²) in [6.07, 6.45) is 0.219. The summed E-state index contributed by atoms with van der Waals surface area (Å²) in [6.45, 7) is 5.78. The summed E-state index contributed by atoms with van der Waals surface area (Å²) in [5.74, 6) is -0.447. The second kappa shape index (κ2) is 8.35. The molecule has 0 saturated carbocycles. The normalized spacial score (nSPS) is 12.0. The molecule has 1 rings (SSSR count). The average molecular weight is 278 g/mol. The molecule has 0 bridgehead atoms. The van der Waals surface area contributed by atoms with Crippen molar-refractivity contribution in [2.24, 2.45) is 5.92 Å². The van der Waals surface area contributed by atoms with Crippen LogP contribution < -0.4 is 0 Å². The van der Waals surface area contributed by atoms with E-state index in [2.05, 4.69) is 0 Å². The van der Waals surface area contributed by atoms with Crippen LogP contribution in [-0.4, -0.2) is 18.0 Å². The van der Waals surface area contributed by atoms with Crippen LogP contribution in [0, 0.1) is 5.92 Å². The van der Waals surface area contributed by atoms with Crippen LogP contribution in [0.15, 0.2) is 30.3 Å². The molecule has 1 atom stereocenters. The minimum atomic E-state index is -0.863. The lowest BCUT2D eigenvalue weighted by Gasteiger charge is -2.13. The molecule has 0 heterocycles. The maximum Gasteiger partial charge on any atom is 0.347 e. The van der Waals surface area contributed by atoms with E-state index in [1.54, 1.807) is 0 Å². The van der Waals surface area contributed by atoms with Crippen LogP contribution in [-0.2, 0) is 25.7 Å². The Labute approximate surface area is 120 Å². The number of hydrogen-bond donors (Lipinski definition) is 0. The highest BCUT2D eigenvalue weighted by atomic mass is 16.6. The Hall–Kier alpha value is -1.84. The van der Waals surface area contributed by atoms with Crippen LogP contribution in [0.2, 0.25) is 0 Å². The first-order chi connectivity index (χ1) is 9.49. The van der Waals surface area contributed by atoms with Gasteiger partial charge >= 0.3 is 11.9 Å². The predicted molar refractivity (Wildman–Crippen MR) is 75.9 cm³/mol. The average Bonchev–Trinajstić information content (AvgIpc) is 2.43. The predicted octanol–water partition coefficient (Wildman–Crippen LogP) is 3.10. The molecule has 110 valence electrons. The lowest BCUT2D eigenvalue weighted by molar-refractivity contribution is -0.167. The molecule has 0 aromatic heterocycles. The van der Waals surface area contributed by atoms with Crippen molar-refractivity contribution in [1.82, 2.24) is 0 Å². The zero-order chi connectivity index (χ0) is 15.0. The van der Waals surface area contributed by atoms with Crippen molar-refractivity contribution in [1.29, 1.82) is 0 Å². The van der Waals surface area contributed by atoms with Gasteiger partial charge in [0.2, 0.25) is 0 Å². The van der Waals surface area contributed by atoms with Gasteiger partial charge in [0.05, 0.1) is 0 Å². The molecule has 0 saturated heterocycles. The Bertz CT molecular complexity index is 425. The van der Waals surface area contributed by atoms with Gasteiger partial charge in [-0.05, 0) is 24.8 Å². The minimum absolute atomic E-state index is 0.188. The van der Waals surface area contributed by atoms with Crippen LogP contribution in [0.1, 0.15) is 39.2 Å². The molecule has 0 amide bonds. The molecule has 0 spiro atoms. The lowest BCUT2D eigenvalue weighted by atomic mass is 10.1. The monoisotopic (exact) mass is 278 g/mol. The van der Waals surface area contributed by atoms with Crippen LogP contribution >= 0.6 is 0 Å². The fraction of sp³-hybridized carbons (Fsp3) is 0.500. The first kappa shape index (κ1) is 16.2. The Morgan fingerprint density at radius 2 is 1.75 bits per heavy atom. The summed E-state index contributed by atoms with van der Waals surface area (Å²) in [7, 11) is 0. The van der Waals surface area contributed by atoms with E-state index in [1.165, 1.54) is 6.92 Å². The van der Waals surface area contributed by atoms with E-state index in [0.717, 1.165) is 12.0 Å². The summed E-state index contributed by atoms with van der Waals surface area (Å²) in [5.41, 5.74) is 0.902. The minimum Gasteiger partial charge on any atom is -0.458 e. The Kier molecular flexibility index (Phi) is 6.77. The van der Waals surface area contributed by atoms with E-state index in [1.807, 2.05) is 44.2 Å². The molecule has 0 aliphatic rings. The molecule has 0 fully saturated rings. The molecular formula is C16H22O4. The first-order valence-corrected chi connectivity index (χ1v) is 6.89. The Balaban J connectivity index is 2.30. The van der Waals surface area contributed by atoms with E-state index >= 15 is 0 Å². The largest absolute Gasteiger partial charge is 0.458 e. The molecule has 4 nitrogen and oxygen atoms in total. The van der Waals surface area contributed by atoms with Gasteiger partial charge in [0.1, 0.15) is 6.61 Å². The standard InChI is InChI=1S/C16H22O4/c1-12(2)9-10-15(17)20-13(3)16(18)19-11-14-7-5-4-6-8-14/h4-8,12-13H,9-11H2,1-3H3. The quantitative estimate of drug-likeness (QED) is 0.719. The van der Waals surface area contributed by atoms with Gasteiger partial charge in [-0.25, -0.2) is 4.79 Å². The van der Waals surface area contributed by atoms with Gasteiger partial charge in [0.15, 0.2) is 6.10 Å². The smallest absolute Gasteiger partial charge is 0.347 e. The molecule has 4 heteroatoms. The van der Waals surface area contributed by atoms with Gasteiger partial charge in [-0.3, -0.25) is 4.79 Å². The summed E-state index contributed by atoms with van der Waals surface area (Å²) in [4.78, 5) is 23.2. The second-order valence-corrected chi connectivity index (χ2v) is 5.16. The third-order valence-electron chi connectivity index (χ3n) is 2.79. The van der Waals surface area contributed by atoms with Crippen molar-refractivity contribution in [3.63, 3.8) is 0 Å². The summed E-state index contributed by atoms with van der Waals surface area (Å²) >= 11 is 0. The van der Waals surface area contributed by atoms with E-state index in [-0.39, 0.29) is 12.6 Å². The summed E-state index contributed by atoms with van der Waals surface area (Å²) < 4.78 is 10.1. The lowest BCUT2D eigenvalue weighted by Crippen LogP contribution is -2.26. The number of hydrogen-bond acceptors (Lipinski definition) is 4. The van der Waals surface area contributed by atoms with E-state index in [4.69, 9.17) is 9.47 Å². The zero-order valence-electron chi connectivity index (χ0n) is 12.3. The summed E-state index contributed by atoms with van der Waals surface area (Å²) in [6, 6.07) is 9.38. The molecule has 0 radical (unpaired) electrons. The van der Waals surface area contributed by atoms with Crippen LogP contribution in [0.3, 0.4) is 0 Å². The molecule has 20 heavy (non-hydrogen) atoms. The number of benzene rings is 1. The van der Waals surface area contributed by atoms with Gasteiger partial charge < -0.3 is 9.47 Å². The van der Waals surface area contributed by atoms with Crippen molar-refractivity contribution < 1.29 is 19.1 Å². The second-order valence-electron chi connectivity index (χ2n) is 5.16. The SMILES string of the molecule is CC(C)CCC(=O)OC(C)C(=O)OCc1ccccc1. The fourth-order valence-corrected chi connectivity index (χ4v) is 1.56. The van der Waals surface area contributed by atoms with E-state index < -0.39 is 12.1 Å². The molecule has 1 unspecified atom stereocenters. The number of carbonyl (C=O) groups excluding carboxylic acids is 2. The first-order valence-electron chi connectivity index (χ1n) is 6.89. The number of esters is 2. The van der Waals surface area contributed by atoms with Gasteiger partial charge in [0, 0.05) is 6.42 Å². The van der Waals surface area contributed by atoms with Crippen molar-refractivity contribution in [3.8, 4) is 0 Å². The van der Waals surface area contributed by atoms with Crippen molar-refractivity contribution >= 4 is 11.9 Å². The zero-order valence-corrected chi connectivity index (χ0v) is 12.3.